The van der Waals surface area contributed by atoms with Crippen molar-refractivity contribution >= 4 is 17.1 Å². The molecule has 0 saturated heterocycles. The highest BCUT2D eigenvalue weighted by Gasteiger charge is 2.28. The standard InChI is InChI=1S/C22H26N6O3/c1-13(2)21-25-27(22(31)18-9-17(15-5-6-15)24-28(18)21)12-19(29)23-16-7-8-20(30)26(11-16)10-14-3-4-14/h7-9,11,13-15H,3-6,10,12H2,1-2H3,(H,23,29). The average Bonchev–Trinajstić information content (AvgIpc) is 3.65. The van der Waals surface area contributed by atoms with E-state index >= 15 is 0 Å². The number of amides is 1. The van der Waals surface area contributed by atoms with Crippen LogP contribution in [0.3, 0.4) is 0 Å². The van der Waals surface area contributed by atoms with Crippen LogP contribution in [0.25, 0.3) is 5.52 Å². The molecule has 3 heterocycles. The molecule has 162 valence electrons. The summed E-state index contributed by atoms with van der Waals surface area (Å²) >= 11 is 0. The minimum absolute atomic E-state index is 0.0374. The normalized spacial score (nSPS) is 16.2. The first-order valence-electron chi connectivity index (χ1n) is 10.9. The third-order valence-corrected chi connectivity index (χ3v) is 5.85. The molecule has 0 atom stereocenters. The SMILES string of the molecule is CC(C)c1nn(CC(=O)Nc2ccc(=O)n(CC3CC3)c2)c(=O)c2cc(C3CC3)nn12. The Morgan fingerprint density at radius 2 is 1.94 bits per heavy atom. The lowest BCUT2D eigenvalue weighted by atomic mass is 10.2. The smallest absolute Gasteiger partial charge is 0.293 e. The van der Waals surface area contributed by atoms with Crippen molar-refractivity contribution in [2.24, 2.45) is 5.92 Å². The summed E-state index contributed by atoms with van der Waals surface area (Å²) in [6, 6.07) is 4.87. The second-order valence-corrected chi connectivity index (χ2v) is 9.02. The van der Waals surface area contributed by atoms with Gasteiger partial charge in [-0.3, -0.25) is 14.4 Å². The summed E-state index contributed by atoms with van der Waals surface area (Å²) in [5.41, 5.74) is 1.48. The zero-order valence-corrected chi connectivity index (χ0v) is 17.7. The van der Waals surface area contributed by atoms with Crippen LogP contribution in [-0.4, -0.2) is 29.9 Å². The van der Waals surface area contributed by atoms with Gasteiger partial charge < -0.3 is 9.88 Å². The Morgan fingerprint density at radius 1 is 1.16 bits per heavy atom. The quantitative estimate of drug-likeness (QED) is 0.628. The predicted molar refractivity (Wildman–Crippen MR) is 115 cm³/mol. The molecule has 0 spiro atoms. The number of nitrogens with zero attached hydrogens (tertiary/aromatic N) is 5. The van der Waals surface area contributed by atoms with Gasteiger partial charge in [-0.25, -0.2) is 9.20 Å². The second-order valence-electron chi connectivity index (χ2n) is 9.02. The molecular weight excluding hydrogens is 396 g/mol. The van der Waals surface area contributed by atoms with E-state index in [0.29, 0.717) is 35.4 Å². The second kappa shape index (κ2) is 7.47. The van der Waals surface area contributed by atoms with E-state index in [2.05, 4.69) is 15.5 Å². The molecule has 5 rings (SSSR count). The van der Waals surface area contributed by atoms with Gasteiger partial charge in [-0.2, -0.15) is 10.2 Å². The Morgan fingerprint density at radius 3 is 2.61 bits per heavy atom. The molecule has 31 heavy (non-hydrogen) atoms. The van der Waals surface area contributed by atoms with Gasteiger partial charge in [0.1, 0.15) is 12.1 Å². The number of anilines is 1. The van der Waals surface area contributed by atoms with E-state index in [-0.39, 0.29) is 29.5 Å². The van der Waals surface area contributed by atoms with E-state index in [4.69, 9.17) is 0 Å². The van der Waals surface area contributed by atoms with Crippen molar-refractivity contribution < 1.29 is 4.79 Å². The Bertz CT molecular complexity index is 1280. The maximum absolute atomic E-state index is 13.0. The zero-order valence-electron chi connectivity index (χ0n) is 17.7. The minimum atomic E-state index is -0.368. The number of hydrogen-bond acceptors (Lipinski definition) is 5. The lowest BCUT2D eigenvalue weighted by molar-refractivity contribution is -0.117. The van der Waals surface area contributed by atoms with Gasteiger partial charge in [-0.1, -0.05) is 13.8 Å². The summed E-state index contributed by atoms with van der Waals surface area (Å²) in [7, 11) is 0. The van der Waals surface area contributed by atoms with Gasteiger partial charge in [0.15, 0.2) is 5.82 Å². The first-order chi connectivity index (χ1) is 14.9. The monoisotopic (exact) mass is 422 g/mol. The number of carbonyl (C=O) groups is 1. The maximum Gasteiger partial charge on any atom is 0.293 e. The summed E-state index contributed by atoms with van der Waals surface area (Å²) in [5, 5.41) is 11.8. The van der Waals surface area contributed by atoms with Crippen molar-refractivity contribution in [1.82, 2.24) is 24.0 Å². The van der Waals surface area contributed by atoms with E-state index in [1.54, 1.807) is 21.3 Å². The van der Waals surface area contributed by atoms with Gasteiger partial charge in [-0.15, -0.1) is 0 Å². The number of carbonyl (C=O) groups excluding carboxylic acids is 1. The first kappa shape index (κ1) is 19.7. The van der Waals surface area contributed by atoms with Crippen molar-refractivity contribution in [2.45, 2.75) is 64.5 Å². The molecule has 2 fully saturated rings. The predicted octanol–water partition coefficient (Wildman–Crippen LogP) is 2.10. The molecular formula is C22H26N6O3. The van der Waals surface area contributed by atoms with Gasteiger partial charge in [0, 0.05) is 30.6 Å². The molecule has 0 bridgehead atoms. The fourth-order valence-electron chi connectivity index (χ4n) is 3.78. The van der Waals surface area contributed by atoms with Crippen LogP contribution in [0.1, 0.15) is 62.9 Å². The minimum Gasteiger partial charge on any atom is -0.323 e. The fourth-order valence-corrected chi connectivity index (χ4v) is 3.78. The van der Waals surface area contributed by atoms with Crippen molar-refractivity contribution in [1.29, 1.82) is 0 Å². The Kier molecular flexibility index (Phi) is 4.75. The summed E-state index contributed by atoms with van der Waals surface area (Å²) < 4.78 is 4.47. The van der Waals surface area contributed by atoms with Gasteiger partial charge in [-0.05, 0) is 43.7 Å². The Balaban J connectivity index is 1.40. The topological polar surface area (TPSA) is 103 Å². The molecule has 3 aromatic heterocycles. The van der Waals surface area contributed by atoms with Gasteiger partial charge in [0.05, 0.1) is 11.4 Å². The molecule has 9 nitrogen and oxygen atoms in total. The fraction of sp³-hybridized carbons (Fsp3) is 0.500. The molecule has 1 amide bonds. The number of nitrogens with one attached hydrogen (secondary N) is 1. The van der Waals surface area contributed by atoms with E-state index < -0.39 is 0 Å². The number of aromatic nitrogens is 5. The van der Waals surface area contributed by atoms with E-state index in [0.717, 1.165) is 31.4 Å². The average molecular weight is 422 g/mol. The molecule has 2 aliphatic rings. The molecule has 0 aliphatic heterocycles. The molecule has 1 N–H and O–H groups in total. The highest BCUT2D eigenvalue weighted by Crippen LogP contribution is 2.39. The molecule has 3 aromatic rings. The van der Waals surface area contributed by atoms with Gasteiger partial charge in [0.2, 0.25) is 5.91 Å². The first-order valence-corrected chi connectivity index (χ1v) is 10.9. The molecule has 0 unspecified atom stereocenters. The van der Waals surface area contributed by atoms with Crippen molar-refractivity contribution in [3.63, 3.8) is 0 Å². The largest absolute Gasteiger partial charge is 0.323 e. The van der Waals surface area contributed by atoms with E-state index in [9.17, 15) is 14.4 Å². The van der Waals surface area contributed by atoms with Crippen molar-refractivity contribution in [2.75, 3.05) is 5.32 Å². The van der Waals surface area contributed by atoms with Crippen LogP contribution in [0.15, 0.2) is 34.0 Å². The van der Waals surface area contributed by atoms with Gasteiger partial charge >= 0.3 is 0 Å². The molecule has 9 heteroatoms. The highest BCUT2D eigenvalue weighted by molar-refractivity contribution is 5.90. The van der Waals surface area contributed by atoms with Crippen molar-refractivity contribution in [3.05, 3.63) is 56.6 Å². The van der Waals surface area contributed by atoms with Crippen LogP contribution in [-0.2, 0) is 17.9 Å². The van der Waals surface area contributed by atoms with Crippen LogP contribution in [0.4, 0.5) is 5.69 Å². The molecule has 2 saturated carbocycles. The van der Waals surface area contributed by atoms with Crippen LogP contribution in [0.2, 0.25) is 0 Å². The number of pyridine rings is 1. The Hall–Kier alpha value is -3.23. The van der Waals surface area contributed by atoms with Gasteiger partial charge in [0.25, 0.3) is 11.1 Å². The lowest BCUT2D eigenvalue weighted by Crippen LogP contribution is -2.33. The van der Waals surface area contributed by atoms with Crippen molar-refractivity contribution in [3.8, 4) is 0 Å². The summed E-state index contributed by atoms with van der Waals surface area (Å²) in [5.74, 6) is 1.28. The zero-order chi connectivity index (χ0) is 21.7. The van der Waals surface area contributed by atoms with E-state index in [1.165, 1.54) is 10.7 Å². The number of fused-ring (bicyclic) bond motifs is 1. The van der Waals surface area contributed by atoms with Crippen LogP contribution in [0.5, 0.6) is 0 Å². The molecule has 0 aromatic carbocycles. The Labute approximate surface area is 178 Å². The number of hydrogen-bond donors (Lipinski definition) is 1. The summed E-state index contributed by atoms with van der Waals surface area (Å²) in [6.45, 7) is 4.43. The number of rotatable bonds is 7. The van der Waals surface area contributed by atoms with Crippen LogP contribution >= 0.6 is 0 Å². The molecule has 0 radical (unpaired) electrons. The van der Waals surface area contributed by atoms with Crippen LogP contribution < -0.4 is 16.4 Å². The third kappa shape index (κ3) is 4.04. The highest BCUT2D eigenvalue weighted by atomic mass is 16.2. The molecule has 2 aliphatic carbocycles. The third-order valence-electron chi connectivity index (χ3n) is 5.85. The van der Waals surface area contributed by atoms with E-state index in [1.807, 2.05) is 19.9 Å². The van der Waals surface area contributed by atoms with Crippen LogP contribution in [0, 0.1) is 5.92 Å². The maximum atomic E-state index is 13.0. The lowest BCUT2D eigenvalue weighted by Gasteiger charge is -2.12. The summed E-state index contributed by atoms with van der Waals surface area (Å²) in [4.78, 5) is 37.7. The summed E-state index contributed by atoms with van der Waals surface area (Å²) in [6.07, 6.45) is 6.11.